The molecule has 1 amide bonds. The zero-order valence-corrected chi connectivity index (χ0v) is 15.3. The lowest BCUT2D eigenvalue weighted by atomic mass is 9.88. The Bertz CT molecular complexity index is 746. The summed E-state index contributed by atoms with van der Waals surface area (Å²) < 4.78 is 5.41. The van der Waals surface area contributed by atoms with Crippen molar-refractivity contribution in [2.75, 3.05) is 26.7 Å². The molecule has 138 valence electrons. The van der Waals surface area contributed by atoms with Crippen molar-refractivity contribution in [1.82, 2.24) is 10.2 Å². The smallest absolute Gasteiger partial charge is 0.237 e. The molecule has 0 spiro atoms. The van der Waals surface area contributed by atoms with Crippen LogP contribution < -0.4 is 10.1 Å². The van der Waals surface area contributed by atoms with Crippen LogP contribution in [-0.2, 0) is 11.2 Å². The molecule has 5 heteroatoms. The van der Waals surface area contributed by atoms with E-state index in [1.165, 1.54) is 5.56 Å². The maximum atomic E-state index is 12.9. The van der Waals surface area contributed by atoms with Crippen LogP contribution in [-0.4, -0.2) is 48.8 Å². The number of methoxy groups -OCH3 is 1. The number of nitrogens with one attached hydrogen (secondary N) is 1. The summed E-state index contributed by atoms with van der Waals surface area (Å²) in [4.78, 5) is 14.8. The van der Waals surface area contributed by atoms with Gasteiger partial charge in [-0.3, -0.25) is 4.79 Å². The first kappa shape index (κ1) is 18.4. The molecule has 0 bridgehead atoms. The van der Waals surface area contributed by atoms with E-state index in [4.69, 9.17) is 4.74 Å². The minimum atomic E-state index is -0.473. The Balaban J connectivity index is 1.92. The van der Waals surface area contributed by atoms with Gasteiger partial charge in [0.15, 0.2) is 0 Å². The van der Waals surface area contributed by atoms with Gasteiger partial charge in [0, 0.05) is 13.1 Å². The minimum Gasteiger partial charge on any atom is -0.497 e. The lowest BCUT2D eigenvalue weighted by Gasteiger charge is -2.38. The quantitative estimate of drug-likeness (QED) is 0.834. The van der Waals surface area contributed by atoms with Gasteiger partial charge in [0.1, 0.15) is 5.75 Å². The summed E-state index contributed by atoms with van der Waals surface area (Å²) in [5.74, 6) is 0.833. The average molecular weight is 354 g/mol. The molecule has 0 saturated carbocycles. The number of nitrogens with zero attached hydrogens (tertiary/aromatic N) is 1. The van der Waals surface area contributed by atoms with Gasteiger partial charge in [0.2, 0.25) is 5.91 Å². The zero-order valence-electron chi connectivity index (χ0n) is 15.3. The van der Waals surface area contributed by atoms with Crippen LogP contribution in [0, 0.1) is 0 Å². The molecule has 2 aromatic rings. The highest BCUT2D eigenvalue weighted by Gasteiger charge is 2.32. The highest BCUT2D eigenvalue weighted by Crippen LogP contribution is 2.37. The maximum absolute atomic E-state index is 12.9. The summed E-state index contributed by atoms with van der Waals surface area (Å²) in [6, 6.07) is 16.1. The van der Waals surface area contributed by atoms with E-state index in [-0.39, 0.29) is 18.5 Å². The van der Waals surface area contributed by atoms with Gasteiger partial charge in [-0.25, -0.2) is 0 Å². The number of ether oxygens (including phenoxy) is 1. The number of rotatable bonds is 6. The topological polar surface area (TPSA) is 61.8 Å². The van der Waals surface area contributed by atoms with Crippen LogP contribution >= 0.6 is 0 Å². The number of amides is 1. The van der Waals surface area contributed by atoms with Crippen LogP contribution in [0.15, 0.2) is 48.5 Å². The normalized spacial score (nSPS) is 17.5. The van der Waals surface area contributed by atoms with Crippen molar-refractivity contribution in [3.63, 3.8) is 0 Å². The molecule has 5 nitrogen and oxygen atoms in total. The van der Waals surface area contributed by atoms with Gasteiger partial charge in [-0.15, -0.1) is 0 Å². The van der Waals surface area contributed by atoms with Gasteiger partial charge in [-0.2, -0.15) is 0 Å². The van der Waals surface area contributed by atoms with Gasteiger partial charge < -0.3 is 20.1 Å². The number of carbonyl (C=O) groups is 1. The Morgan fingerprint density at radius 1 is 1.31 bits per heavy atom. The fraction of sp³-hybridized carbons (Fsp3) is 0.381. The summed E-state index contributed by atoms with van der Waals surface area (Å²) in [5, 5.41) is 12.4. The molecule has 0 aromatic heterocycles. The molecule has 2 unspecified atom stereocenters. The highest BCUT2D eigenvalue weighted by atomic mass is 16.5. The maximum Gasteiger partial charge on any atom is 0.237 e. The van der Waals surface area contributed by atoms with E-state index in [1.54, 1.807) is 14.0 Å². The van der Waals surface area contributed by atoms with Gasteiger partial charge in [-0.05, 0) is 42.2 Å². The summed E-state index contributed by atoms with van der Waals surface area (Å²) in [6.07, 6.45) is 0.351. The van der Waals surface area contributed by atoms with Gasteiger partial charge in [0.25, 0.3) is 0 Å². The van der Waals surface area contributed by atoms with Crippen LogP contribution in [0.1, 0.15) is 29.7 Å². The van der Waals surface area contributed by atoms with Crippen LogP contribution in [0.5, 0.6) is 5.75 Å². The molecular formula is C21H26N2O3. The number of hydrogen-bond acceptors (Lipinski definition) is 4. The molecule has 3 rings (SSSR count). The van der Waals surface area contributed by atoms with E-state index < -0.39 is 6.10 Å². The van der Waals surface area contributed by atoms with Crippen molar-refractivity contribution < 1.29 is 14.6 Å². The Kier molecular flexibility index (Phi) is 5.91. The first-order valence-corrected chi connectivity index (χ1v) is 9.00. The standard InChI is InChI=1S/C21H26N2O3/c1-15(24)13-22-14-20(25)23-11-10-16-8-9-18(26-2)12-19(16)21(23)17-6-4-3-5-7-17/h3-9,12,15,21-22,24H,10-11,13-14H2,1-2H3. The predicted molar refractivity (Wildman–Crippen MR) is 101 cm³/mol. The Labute approximate surface area is 154 Å². The molecule has 1 heterocycles. The number of benzene rings is 2. The first-order chi connectivity index (χ1) is 12.6. The van der Waals surface area contributed by atoms with Crippen molar-refractivity contribution in [3.05, 3.63) is 65.2 Å². The van der Waals surface area contributed by atoms with E-state index in [0.29, 0.717) is 13.1 Å². The Hall–Kier alpha value is -2.37. The molecule has 1 aliphatic rings. The number of fused-ring (bicyclic) bond motifs is 1. The molecule has 0 fully saturated rings. The summed E-state index contributed by atoms with van der Waals surface area (Å²) >= 11 is 0. The SMILES string of the molecule is COc1ccc2c(c1)C(c1ccccc1)N(C(=O)CNCC(C)O)CC2. The third-order valence-corrected chi connectivity index (χ3v) is 4.73. The van der Waals surface area contributed by atoms with Crippen molar-refractivity contribution in [3.8, 4) is 5.75 Å². The lowest BCUT2D eigenvalue weighted by molar-refractivity contribution is -0.132. The Morgan fingerprint density at radius 2 is 2.08 bits per heavy atom. The van der Waals surface area contributed by atoms with Crippen LogP contribution in [0.4, 0.5) is 0 Å². The van der Waals surface area contributed by atoms with Crippen LogP contribution in [0.25, 0.3) is 0 Å². The largest absolute Gasteiger partial charge is 0.497 e. The molecule has 2 atom stereocenters. The summed E-state index contributed by atoms with van der Waals surface area (Å²) in [5.41, 5.74) is 3.46. The van der Waals surface area contributed by atoms with Crippen molar-refractivity contribution >= 4 is 5.91 Å². The van der Waals surface area contributed by atoms with Crippen LogP contribution in [0.2, 0.25) is 0 Å². The number of hydrogen-bond donors (Lipinski definition) is 2. The molecule has 1 aliphatic heterocycles. The van der Waals surface area contributed by atoms with E-state index in [9.17, 15) is 9.90 Å². The van der Waals surface area contributed by atoms with E-state index in [0.717, 1.165) is 23.3 Å². The van der Waals surface area contributed by atoms with E-state index >= 15 is 0 Å². The van der Waals surface area contributed by atoms with Crippen molar-refractivity contribution in [2.45, 2.75) is 25.5 Å². The predicted octanol–water partition coefficient (Wildman–Crippen LogP) is 2.14. The van der Waals surface area contributed by atoms with Gasteiger partial charge >= 0.3 is 0 Å². The monoisotopic (exact) mass is 354 g/mol. The van der Waals surface area contributed by atoms with Crippen LogP contribution in [0.3, 0.4) is 0 Å². The third kappa shape index (κ3) is 4.06. The summed E-state index contributed by atoms with van der Waals surface area (Å²) in [7, 11) is 1.66. The number of aliphatic hydroxyl groups excluding tert-OH is 1. The van der Waals surface area contributed by atoms with E-state index in [2.05, 4.69) is 23.5 Å². The fourth-order valence-corrected chi connectivity index (χ4v) is 3.47. The summed E-state index contributed by atoms with van der Waals surface area (Å²) in [6.45, 7) is 3.00. The van der Waals surface area contributed by atoms with Crippen molar-refractivity contribution in [2.24, 2.45) is 0 Å². The molecule has 2 N–H and O–H groups in total. The second-order valence-corrected chi connectivity index (χ2v) is 6.70. The van der Waals surface area contributed by atoms with Gasteiger partial charge in [0.05, 0.1) is 25.8 Å². The first-order valence-electron chi connectivity index (χ1n) is 9.00. The van der Waals surface area contributed by atoms with Crippen molar-refractivity contribution in [1.29, 1.82) is 0 Å². The fourth-order valence-electron chi connectivity index (χ4n) is 3.47. The second-order valence-electron chi connectivity index (χ2n) is 6.70. The lowest BCUT2D eigenvalue weighted by Crippen LogP contribution is -2.45. The van der Waals surface area contributed by atoms with Gasteiger partial charge in [-0.1, -0.05) is 36.4 Å². The molecular weight excluding hydrogens is 328 g/mol. The minimum absolute atomic E-state index is 0.0352. The third-order valence-electron chi connectivity index (χ3n) is 4.73. The molecule has 0 saturated heterocycles. The Morgan fingerprint density at radius 3 is 2.77 bits per heavy atom. The zero-order chi connectivity index (χ0) is 18.5. The molecule has 26 heavy (non-hydrogen) atoms. The molecule has 2 aromatic carbocycles. The number of carbonyl (C=O) groups excluding carboxylic acids is 1. The number of aliphatic hydroxyl groups is 1. The van der Waals surface area contributed by atoms with E-state index in [1.807, 2.05) is 35.2 Å². The average Bonchev–Trinajstić information content (AvgIpc) is 2.66. The highest BCUT2D eigenvalue weighted by molar-refractivity contribution is 5.80. The molecule has 0 radical (unpaired) electrons. The second kappa shape index (κ2) is 8.34. The molecule has 0 aliphatic carbocycles.